The summed E-state index contributed by atoms with van der Waals surface area (Å²) < 4.78 is 5.67. The smallest absolute Gasteiger partial charge is 0.171 e. The lowest BCUT2D eigenvalue weighted by molar-refractivity contribution is 0.318. The third kappa shape index (κ3) is 2.95. The molecule has 98 valence electrons. The lowest BCUT2D eigenvalue weighted by atomic mass is 10.2. The standard InChI is InChI=1S/C13H12ClN3O2/c1-8-12(3-2-6-16-8)19-9-4-5-10(11(14)7-9)13(15)17-18/h2-7,18H,1H3,(H2,15,17). The molecule has 1 aromatic heterocycles. The highest BCUT2D eigenvalue weighted by Crippen LogP contribution is 2.27. The molecule has 0 spiro atoms. The number of rotatable bonds is 3. The zero-order chi connectivity index (χ0) is 13.8. The summed E-state index contributed by atoms with van der Waals surface area (Å²) in [5.41, 5.74) is 6.71. The number of pyridine rings is 1. The van der Waals surface area contributed by atoms with Crippen LogP contribution >= 0.6 is 11.6 Å². The maximum Gasteiger partial charge on any atom is 0.171 e. The SMILES string of the molecule is Cc1ncccc1Oc1ccc(C(N)=NO)c(Cl)c1. The van der Waals surface area contributed by atoms with E-state index in [4.69, 9.17) is 27.3 Å². The van der Waals surface area contributed by atoms with Crippen molar-refractivity contribution in [3.05, 3.63) is 52.8 Å². The van der Waals surface area contributed by atoms with Crippen LogP contribution in [-0.2, 0) is 0 Å². The molecule has 1 heterocycles. The topological polar surface area (TPSA) is 80.7 Å². The van der Waals surface area contributed by atoms with Gasteiger partial charge < -0.3 is 15.7 Å². The maximum absolute atomic E-state index is 8.62. The summed E-state index contributed by atoms with van der Waals surface area (Å²) in [5.74, 6) is 1.15. The fraction of sp³-hybridized carbons (Fsp3) is 0.0769. The number of nitrogens with two attached hydrogens (primary N) is 1. The van der Waals surface area contributed by atoms with Crippen LogP contribution < -0.4 is 10.5 Å². The maximum atomic E-state index is 8.62. The Kier molecular flexibility index (Phi) is 3.87. The van der Waals surface area contributed by atoms with Crippen LogP contribution in [0, 0.1) is 6.92 Å². The Bertz CT molecular complexity index is 629. The number of ether oxygens (including phenoxy) is 1. The summed E-state index contributed by atoms with van der Waals surface area (Å²) in [6, 6.07) is 8.51. The van der Waals surface area contributed by atoms with Crippen LogP contribution in [-0.4, -0.2) is 16.0 Å². The van der Waals surface area contributed by atoms with E-state index >= 15 is 0 Å². The first-order valence-corrected chi connectivity index (χ1v) is 5.86. The van der Waals surface area contributed by atoms with Crippen LogP contribution in [0.1, 0.15) is 11.3 Å². The highest BCUT2D eigenvalue weighted by atomic mass is 35.5. The van der Waals surface area contributed by atoms with Gasteiger partial charge in [0.2, 0.25) is 0 Å². The van der Waals surface area contributed by atoms with Gasteiger partial charge in [0.05, 0.1) is 10.7 Å². The Morgan fingerprint density at radius 3 is 2.84 bits per heavy atom. The van der Waals surface area contributed by atoms with Gasteiger partial charge in [-0.25, -0.2) is 0 Å². The Labute approximate surface area is 115 Å². The summed E-state index contributed by atoms with van der Waals surface area (Å²) >= 11 is 6.04. The number of halogens is 1. The van der Waals surface area contributed by atoms with E-state index in [9.17, 15) is 0 Å². The van der Waals surface area contributed by atoms with Crippen molar-refractivity contribution in [1.82, 2.24) is 4.98 Å². The van der Waals surface area contributed by atoms with Crippen LogP contribution in [0.25, 0.3) is 0 Å². The predicted molar refractivity (Wildman–Crippen MR) is 73.0 cm³/mol. The molecule has 0 atom stereocenters. The third-order valence-corrected chi connectivity index (χ3v) is 2.82. The summed E-state index contributed by atoms with van der Waals surface area (Å²) in [5, 5.41) is 11.9. The molecule has 0 aliphatic carbocycles. The van der Waals surface area contributed by atoms with Gasteiger partial charge >= 0.3 is 0 Å². The van der Waals surface area contributed by atoms with Crippen molar-refractivity contribution in [3.63, 3.8) is 0 Å². The second kappa shape index (κ2) is 5.58. The second-order valence-corrected chi connectivity index (χ2v) is 4.22. The highest BCUT2D eigenvalue weighted by molar-refractivity contribution is 6.34. The molecule has 3 N–H and O–H groups in total. The molecule has 19 heavy (non-hydrogen) atoms. The monoisotopic (exact) mass is 277 g/mol. The second-order valence-electron chi connectivity index (χ2n) is 3.82. The van der Waals surface area contributed by atoms with Gasteiger partial charge in [0.25, 0.3) is 0 Å². The van der Waals surface area contributed by atoms with Crippen LogP contribution in [0.2, 0.25) is 5.02 Å². The van der Waals surface area contributed by atoms with Crippen molar-refractivity contribution in [3.8, 4) is 11.5 Å². The van der Waals surface area contributed by atoms with E-state index in [2.05, 4.69) is 10.1 Å². The zero-order valence-electron chi connectivity index (χ0n) is 10.2. The Balaban J connectivity index is 2.29. The highest BCUT2D eigenvalue weighted by Gasteiger charge is 2.08. The van der Waals surface area contributed by atoms with Crippen molar-refractivity contribution in [2.45, 2.75) is 6.92 Å². The number of amidine groups is 1. The van der Waals surface area contributed by atoms with Crippen LogP contribution in [0.5, 0.6) is 11.5 Å². The molecule has 2 aromatic rings. The van der Waals surface area contributed by atoms with Gasteiger partial charge in [0, 0.05) is 17.8 Å². The molecule has 2 rings (SSSR count). The molecular weight excluding hydrogens is 266 g/mol. The average Bonchev–Trinajstić information content (AvgIpc) is 2.41. The van der Waals surface area contributed by atoms with E-state index in [-0.39, 0.29) is 5.84 Å². The van der Waals surface area contributed by atoms with E-state index in [0.717, 1.165) is 5.69 Å². The fourth-order valence-electron chi connectivity index (χ4n) is 1.53. The molecule has 0 bridgehead atoms. The van der Waals surface area contributed by atoms with Gasteiger partial charge in [-0.15, -0.1) is 0 Å². The van der Waals surface area contributed by atoms with Gasteiger partial charge in [0.15, 0.2) is 5.84 Å². The number of hydrogen-bond donors (Lipinski definition) is 2. The summed E-state index contributed by atoms with van der Waals surface area (Å²) in [6.07, 6.45) is 1.69. The van der Waals surface area contributed by atoms with Gasteiger partial charge in [0.1, 0.15) is 11.5 Å². The third-order valence-electron chi connectivity index (χ3n) is 2.51. The van der Waals surface area contributed by atoms with Crippen LogP contribution in [0.15, 0.2) is 41.7 Å². The fourth-order valence-corrected chi connectivity index (χ4v) is 1.79. The summed E-state index contributed by atoms with van der Waals surface area (Å²) in [7, 11) is 0. The first-order valence-electron chi connectivity index (χ1n) is 5.48. The molecule has 0 unspecified atom stereocenters. The molecule has 5 nitrogen and oxygen atoms in total. The Morgan fingerprint density at radius 1 is 1.42 bits per heavy atom. The number of nitrogens with zero attached hydrogens (tertiary/aromatic N) is 2. The molecule has 0 amide bonds. The van der Waals surface area contributed by atoms with Crippen molar-refractivity contribution < 1.29 is 9.94 Å². The first kappa shape index (κ1) is 13.2. The van der Waals surface area contributed by atoms with E-state index in [1.165, 1.54) is 0 Å². The van der Waals surface area contributed by atoms with Crippen molar-refractivity contribution in [2.24, 2.45) is 10.9 Å². The van der Waals surface area contributed by atoms with Gasteiger partial charge in [-0.2, -0.15) is 0 Å². The molecule has 0 saturated carbocycles. The Hall–Kier alpha value is -2.27. The average molecular weight is 278 g/mol. The molecule has 0 radical (unpaired) electrons. The lowest BCUT2D eigenvalue weighted by Gasteiger charge is -2.09. The van der Waals surface area contributed by atoms with Crippen LogP contribution in [0.3, 0.4) is 0 Å². The quantitative estimate of drug-likeness (QED) is 0.391. The molecule has 0 fully saturated rings. The number of oxime groups is 1. The minimum Gasteiger partial charge on any atom is -0.455 e. The van der Waals surface area contributed by atoms with E-state index in [1.807, 2.05) is 13.0 Å². The predicted octanol–water partition coefficient (Wildman–Crippen LogP) is 2.93. The lowest BCUT2D eigenvalue weighted by Crippen LogP contribution is -2.13. The minimum absolute atomic E-state index is 0.0471. The minimum atomic E-state index is -0.0471. The molecule has 0 saturated heterocycles. The van der Waals surface area contributed by atoms with E-state index in [0.29, 0.717) is 22.1 Å². The number of aryl methyl sites for hydroxylation is 1. The van der Waals surface area contributed by atoms with E-state index in [1.54, 1.807) is 30.5 Å². The van der Waals surface area contributed by atoms with Gasteiger partial charge in [-0.3, -0.25) is 4.98 Å². The first-order chi connectivity index (χ1) is 9.11. The Morgan fingerprint density at radius 2 is 2.21 bits per heavy atom. The normalized spacial score (nSPS) is 11.4. The number of aromatic nitrogens is 1. The molecule has 0 aliphatic rings. The van der Waals surface area contributed by atoms with E-state index < -0.39 is 0 Å². The van der Waals surface area contributed by atoms with Crippen LogP contribution in [0.4, 0.5) is 0 Å². The molecule has 6 heteroatoms. The van der Waals surface area contributed by atoms with Gasteiger partial charge in [-0.05, 0) is 31.2 Å². The van der Waals surface area contributed by atoms with Crippen molar-refractivity contribution in [2.75, 3.05) is 0 Å². The molecular formula is C13H12ClN3O2. The molecule has 0 aliphatic heterocycles. The van der Waals surface area contributed by atoms with Gasteiger partial charge in [-0.1, -0.05) is 16.8 Å². The zero-order valence-corrected chi connectivity index (χ0v) is 10.9. The summed E-state index contributed by atoms with van der Waals surface area (Å²) in [6.45, 7) is 1.85. The van der Waals surface area contributed by atoms with Crippen molar-refractivity contribution >= 4 is 17.4 Å². The van der Waals surface area contributed by atoms with Crippen molar-refractivity contribution in [1.29, 1.82) is 0 Å². The number of benzene rings is 1. The number of hydrogen-bond acceptors (Lipinski definition) is 4. The summed E-state index contributed by atoms with van der Waals surface area (Å²) in [4.78, 5) is 4.13. The largest absolute Gasteiger partial charge is 0.455 e. The molecule has 1 aromatic carbocycles.